The van der Waals surface area contributed by atoms with Crippen LogP contribution in [0.3, 0.4) is 0 Å². The van der Waals surface area contributed by atoms with Crippen LogP contribution in [0.5, 0.6) is 0 Å². The van der Waals surface area contributed by atoms with Crippen molar-refractivity contribution in [1.82, 2.24) is 10.2 Å². The molecule has 4 N–H and O–H groups in total. The van der Waals surface area contributed by atoms with Crippen molar-refractivity contribution >= 4 is 12.0 Å². The highest BCUT2D eigenvalue weighted by atomic mass is 16.4. The van der Waals surface area contributed by atoms with E-state index in [-0.39, 0.29) is 19.6 Å². The summed E-state index contributed by atoms with van der Waals surface area (Å²) in [6.07, 6.45) is 2.24. The van der Waals surface area contributed by atoms with Crippen LogP contribution in [0.25, 0.3) is 0 Å². The first-order valence-corrected chi connectivity index (χ1v) is 5.99. The summed E-state index contributed by atoms with van der Waals surface area (Å²) in [6.45, 7) is 0.336. The number of amides is 2. The molecule has 0 spiro atoms. The molecule has 7 heteroatoms. The van der Waals surface area contributed by atoms with Gasteiger partial charge < -0.3 is 25.5 Å². The van der Waals surface area contributed by atoms with Crippen LogP contribution < -0.4 is 5.32 Å². The number of carbonyl (C=O) groups excluding carboxylic acids is 1. The molecule has 7 nitrogen and oxygen atoms in total. The predicted molar refractivity (Wildman–Crippen MR) is 65.2 cm³/mol. The summed E-state index contributed by atoms with van der Waals surface area (Å²) < 4.78 is 0. The Morgan fingerprint density at radius 2 is 1.83 bits per heavy atom. The van der Waals surface area contributed by atoms with Crippen LogP contribution in [0.15, 0.2) is 0 Å². The van der Waals surface area contributed by atoms with Crippen molar-refractivity contribution in [2.24, 2.45) is 0 Å². The maximum atomic E-state index is 11.6. The van der Waals surface area contributed by atoms with E-state index in [0.29, 0.717) is 13.0 Å². The van der Waals surface area contributed by atoms with Crippen LogP contribution in [0.4, 0.5) is 4.79 Å². The predicted octanol–water partition coefficient (Wildman–Crippen LogP) is -0.374. The van der Waals surface area contributed by atoms with Gasteiger partial charge in [-0.15, -0.1) is 0 Å². The summed E-state index contributed by atoms with van der Waals surface area (Å²) in [7, 11) is 1.58. The van der Waals surface area contributed by atoms with Gasteiger partial charge in [-0.25, -0.2) is 9.59 Å². The summed E-state index contributed by atoms with van der Waals surface area (Å²) in [5.74, 6) is -1.16. The van der Waals surface area contributed by atoms with E-state index in [0.717, 1.165) is 12.8 Å². The largest absolute Gasteiger partial charge is 0.480 e. The molecule has 0 saturated heterocycles. The Morgan fingerprint density at radius 1 is 1.17 bits per heavy atom. The maximum absolute atomic E-state index is 11.6. The second-order valence-corrected chi connectivity index (χ2v) is 4.06. The van der Waals surface area contributed by atoms with Gasteiger partial charge in [0, 0.05) is 33.2 Å². The molecule has 0 radical (unpaired) electrons. The van der Waals surface area contributed by atoms with Gasteiger partial charge in [0.05, 0.1) is 0 Å². The number of carboxylic acid groups (broad SMARTS) is 1. The highest BCUT2D eigenvalue weighted by Crippen LogP contribution is 1.99. The monoisotopic (exact) mass is 262 g/mol. The number of carboxylic acids is 1. The molecule has 0 fully saturated rings. The molecule has 1 atom stereocenters. The summed E-state index contributed by atoms with van der Waals surface area (Å²) in [6, 6.07) is -1.54. The molecule has 2 amide bonds. The van der Waals surface area contributed by atoms with Gasteiger partial charge >= 0.3 is 12.0 Å². The fourth-order valence-corrected chi connectivity index (χ4v) is 1.38. The number of hydrogen-bond donors (Lipinski definition) is 4. The molecule has 0 aromatic rings. The maximum Gasteiger partial charge on any atom is 0.326 e. The van der Waals surface area contributed by atoms with Crippen LogP contribution in [0.1, 0.15) is 25.7 Å². The van der Waals surface area contributed by atoms with Gasteiger partial charge in [0.2, 0.25) is 0 Å². The van der Waals surface area contributed by atoms with Crippen molar-refractivity contribution in [2.45, 2.75) is 31.7 Å². The second kappa shape index (κ2) is 9.67. The Labute approximate surface area is 106 Å². The minimum Gasteiger partial charge on any atom is -0.480 e. The van der Waals surface area contributed by atoms with Gasteiger partial charge in [-0.2, -0.15) is 0 Å². The quantitative estimate of drug-likeness (QED) is 0.424. The highest BCUT2D eigenvalue weighted by Gasteiger charge is 2.20. The molecule has 18 heavy (non-hydrogen) atoms. The van der Waals surface area contributed by atoms with Gasteiger partial charge in [-0.1, -0.05) is 0 Å². The molecule has 0 aliphatic rings. The molecule has 106 valence electrons. The lowest BCUT2D eigenvalue weighted by Crippen LogP contribution is -2.47. The van der Waals surface area contributed by atoms with Crippen LogP contribution in [-0.2, 0) is 4.79 Å². The molecule has 0 aliphatic heterocycles. The molecular formula is C11H22N2O5. The third kappa shape index (κ3) is 7.08. The Morgan fingerprint density at radius 3 is 2.33 bits per heavy atom. The molecule has 0 bridgehead atoms. The Hall–Kier alpha value is -1.34. The summed E-state index contributed by atoms with van der Waals surface area (Å²) in [5.41, 5.74) is 0. The van der Waals surface area contributed by atoms with Crippen molar-refractivity contribution < 1.29 is 24.9 Å². The SMILES string of the molecule is CN(CCCCCO)C(=O)NC(CCO)C(=O)O. The zero-order chi connectivity index (χ0) is 14.0. The number of carbonyl (C=O) groups is 2. The molecule has 0 aromatic heterocycles. The molecule has 0 saturated carbocycles. The van der Waals surface area contributed by atoms with E-state index in [1.807, 2.05) is 0 Å². The van der Waals surface area contributed by atoms with Gasteiger partial charge in [0.25, 0.3) is 0 Å². The first-order valence-electron chi connectivity index (χ1n) is 5.99. The van der Waals surface area contributed by atoms with Crippen molar-refractivity contribution in [3.8, 4) is 0 Å². The van der Waals surface area contributed by atoms with E-state index < -0.39 is 18.0 Å². The van der Waals surface area contributed by atoms with E-state index in [1.165, 1.54) is 4.90 Å². The number of aliphatic hydroxyl groups excluding tert-OH is 2. The Balaban J connectivity index is 4.00. The third-order valence-corrected chi connectivity index (χ3v) is 2.51. The molecule has 0 aliphatic carbocycles. The summed E-state index contributed by atoms with van der Waals surface area (Å²) in [5, 5.41) is 28.4. The number of aliphatic carboxylic acids is 1. The second-order valence-electron chi connectivity index (χ2n) is 4.06. The van der Waals surface area contributed by atoms with E-state index in [9.17, 15) is 9.59 Å². The van der Waals surface area contributed by atoms with Gasteiger partial charge in [-0.3, -0.25) is 0 Å². The lowest BCUT2D eigenvalue weighted by atomic mass is 10.2. The Kier molecular flexibility index (Phi) is 8.95. The first-order chi connectivity index (χ1) is 8.52. The lowest BCUT2D eigenvalue weighted by molar-refractivity contribution is -0.139. The fraction of sp³-hybridized carbons (Fsp3) is 0.818. The summed E-state index contributed by atoms with van der Waals surface area (Å²) in [4.78, 5) is 23.8. The molecular weight excluding hydrogens is 240 g/mol. The molecule has 0 rings (SSSR count). The summed E-state index contributed by atoms with van der Waals surface area (Å²) >= 11 is 0. The number of rotatable bonds is 9. The molecule has 0 aromatic carbocycles. The Bertz CT molecular complexity index is 260. The lowest BCUT2D eigenvalue weighted by Gasteiger charge is -2.21. The average molecular weight is 262 g/mol. The normalized spacial score (nSPS) is 11.9. The van der Waals surface area contributed by atoms with Crippen molar-refractivity contribution in [2.75, 3.05) is 26.8 Å². The van der Waals surface area contributed by atoms with Crippen LogP contribution >= 0.6 is 0 Å². The standard InChI is InChI=1S/C11H22N2O5/c1-13(6-3-2-4-7-14)11(18)12-9(5-8-15)10(16)17/h9,14-15H,2-8H2,1H3,(H,12,18)(H,16,17). The van der Waals surface area contributed by atoms with E-state index >= 15 is 0 Å². The van der Waals surface area contributed by atoms with Crippen molar-refractivity contribution in [1.29, 1.82) is 0 Å². The first kappa shape index (κ1) is 16.7. The molecule has 1 unspecified atom stereocenters. The van der Waals surface area contributed by atoms with Gasteiger partial charge in [-0.05, 0) is 19.3 Å². The van der Waals surface area contributed by atoms with Gasteiger partial charge in [0.1, 0.15) is 6.04 Å². The minimum atomic E-state index is -1.16. The fourth-order valence-electron chi connectivity index (χ4n) is 1.38. The average Bonchev–Trinajstić information content (AvgIpc) is 2.33. The van der Waals surface area contributed by atoms with E-state index in [4.69, 9.17) is 15.3 Å². The number of nitrogens with zero attached hydrogens (tertiary/aromatic N) is 1. The van der Waals surface area contributed by atoms with E-state index in [2.05, 4.69) is 5.32 Å². The third-order valence-electron chi connectivity index (χ3n) is 2.51. The zero-order valence-corrected chi connectivity index (χ0v) is 10.6. The zero-order valence-electron chi connectivity index (χ0n) is 10.6. The van der Waals surface area contributed by atoms with Crippen LogP contribution in [0.2, 0.25) is 0 Å². The smallest absolute Gasteiger partial charge is 0.326 e. The van der Waals surface area contributed by atoms with E-state index in [1.54, 1.807) is 7.05 Å². The van der Waals surface area contributed by atoms with Gasteiger partial charge in [0.15, 0.2) is 0 Å². The van der Waals surface area contributed by atoms with Crippen LogP contribution in [0, 0.1) is 0 Å². The van der Waals surface area contributed by atoms with Crippen molar-refractivity contribution in [3.05, 3.63) is 0 Å². The van der Waals surface area contributed by atoms with Crippen LogP contribution in [-0.4, -0.2) is 65.1 Å². The number of urea groups is 1. The number of unbranched alkanes of at least 4 members (excludes halogenated alkanes) is 2. The number of aliphatic hydroxyl groups is 2. The number of hydrogen-bond acceptors (Lipinski definition) is 4. The topological polar surface area (TPSA) is 110 Å². The highest BCUT2D eigenvalue weighted by molar-refractivity contribution is 5.82. The number of nitrogens with one attached hydrogen (secondary N) is 1. The van der Waals surface area contributed by atoms with Crippen molar-refractivity contribution in [3.63, 3.8) is 0 Å². The molecule has 0 heterocycles. The minimum absolute atomic E-state index is 0.0145.